The van der Waals surface area contributed by atoms with Crippen molar-refractivity contribution in [2.45, 2.75) is 0 Å². The van der Waals surface area contributed by atoms with Gasteiger partial charge in [-0.15, -0.1) is 5.10 Å². The molecule has 0 aromatic carbocycles. The molecule has 4 heteroatoms. The van der Waals surface area contributed by atoms with Gasteiger partial charge in [0, 0.05) is 0 Å². The molecule has 0 saturated heterocycles. The van der Waals surface area contributed by atoms with Crippen LogP contribution in [0.1, 0.15) is 0 Å². The van der Waals surface area contributed by atoms with E-state index in [0.717, 1.165) is 0 Å². The molecule has 1 aliphatic rings. The summed E-state index contributed by atoms with van der Waals surface area (Å²) >= 11 is 0. The summed E-state index contributed by atoms with van der Waals surface area (Å²) in [6, 6.07) is 0. The molecule has 1 unspecified atom stereocenters. The van der Waals surface area contributed by atoms with Gasteiger partial charge in [-0.1, -0.05) is 0 Å². The maximum absolute atomic E-state index is 9.68. The largest absolute Gasteiger partial charge is 0.226 e. The average Bonchev–Trinajstić information content (AvgIpc) is 2.14. The molecule has 0 aromatic heterocycles. The van der Waals surface area contributed by atoms with Crippen molar-refractivity contribution < 1.29 is 4.79 Å². The molecule has 0 aliphatic carbocycles. The van der Waals surface area contributed by atoms with Crippen molar-refractivity contribution >= 4 is 26.8 Å². The topological polar surface area (TPSA) is 41.8 Å². The molecular weight excluding hydrogens is 112 g/mol. The molecule has 1 atom stereocenters. The Morgan fingerprint density at radius 3 is 3.00 bits per heavy atom. The highest BCUT2D eigenvalue weighted by Crippen LogP contribution is 2.04. The van der Waals surface area contributed by atoms with Crippen LogP contribution in [0.3, 0.4) is 0 Å². The van der Waals surface area contributed by atoms with Crippen molar-refractivity contribution in [2.24, 2.45) is 10.2 Å². The van der Waals surface area contributed by atoms with Crippen LogP contribution in [0.25, 0.3) is 0 Å². The summed E-state index contributed by atoms with van der Waals surface area (Å²) in [5.74, 6) is 0. The van der Waals surface area contributed by atoms with Crippen LogP contribution in [0.4, 0.5) is 0 Å². The fourth-order valence-corrected chi connectivity index (χ4v) is 0.606. The fourth-order valence-electron chi connectivity index (χ4n) is 0.202. The Morgan fingerprint density at radius 2 is 2.71 bits per heavy atom. The Balaban J connectivity index is 3.00. The van der Waals surface area contributed by atoms with Crippen molar-refractivity contribution in [3.8, 4) is 0 Å². The second-order valence-electron chi connectivity index (χ2n) is 0.833. The molecule has 0 saturated carbocycles. The Labute approximate surface area is 42.7 Å². The van der Waals surface area contributed by atoms with Gasteiger partial charge in [0.05, 0.1) is 5.55 Å². The summed E-state index contributed by atoms with van der Waals surface area (Å²) in [5.41, 5.74) is 3.82. The van der Waals surface area contributed by atoms with E-state index in [0.29, 0.717) is 0 Å². The normalized spacial score (nSPS) is 17.7. The molecule has 0 spiro atoms. The SMILES string of the molecule is O=C=S1[C]=NN=C1. The van der Waals surface area contributed by atoms with Gasteiger partial charge in [-0.05, 0) is 10.5 Å². The van der Waals surface area contributed by atoms with Gasteiger partial charge >= 0.3 is 0 Å². The first-order valence-electron chi connectivity index (χ1n) is 1.53. The lowest BCUT2D eigenvalue weighted by Gasteiger charge is -1.63. The maximum atomic E-state index is 9.68. The van der Waals surface area contributed by atoms with Gasteiger partial charge in [0.1, 0.15) is 0 Å². The van der Waals surface area contributed by atoms with Crippen molar-refractivity contribution in [1.29, 1.82) is 0 Å². The number of nitrogens with zero attached hydrogens (tertiary/aromatic N) is 2. The minimum absolute atomic E-state index is 0.648. The van der Waals surface area contributed by atoms with Gasteiger partial charge in [-0.2, -0.15) is 5.10 Å². The first kappa shape index (κ1) is 4.43. The summed E-state index contributed by atoms with van der Waals surface area (Å²) in [6.45, 7) is 0. The van der Waals surface area contributed by atoms with Crippen LogP contribution in [0, 0.1) is 0 Å². The lowest BCUT2D eigenvalue weighted by molar-refractivity contribution is 0.572. The summed E-state index contributed by atoms with van der Waals surface area (Å²) < 4.78 is 0. The predicted octanol–water partition coefficient (Wildman–Crippen LogP) is 0.185. The van der Waals surface area contributed by atoms with Crippen LogP contribution in [-0.2, 0) is 4.79 Å². The van der Waals surface area contributed by atoms with Crippen molar-refractivity contribution in [2.75, 3.05) is 0 Å². The molecule has 3 nitrogen and oxygen atoms in total. The summed E-state index contributed by atoms with van der Waals surface area (Å²) in [4.78, 5) is 9.68. The Bertz CT molecular complexity index is 163. The summed E-state index contributed by atoms with van der Waals surface area (Å²) in [7, 11) is -0.648. The molecule has 0 bridgehead atoms. The third-order valence-electron chi connectivity index (χ3n) is 0.439. The van der Waals surface area contributed by atoms with Gasteiger partial charge in [0.15, 0.2) is 10.8 Å². The number of rotatable bonds is 0. The van der Waals surface area contributed by atoms with E-state index >= 15 is 0 Å². The van der Waals surface area contributed by atoms with E-state index in [1.807, 2.05) is 0 Å². The Kier molecular flexibility index (Phi) is 1.15. The predicted molar refractivity (Wildman–Crippen MR) is 29.2 cm³/mol. The molecular formula is C3HN2OS. The zero-order valence-electron chi connectivity index (χ0n) is 3.29. The lowest BCUT2D eigenvalue weighted by atomic mass is 11.6. The van der Waals surface area contributed by atoms with Crippen LogP contribution in [0.15, 0.2) is 10.2 Å². The van der Waals surface area contributed by atoms with E-state index in [4.69, 9.17) is 0 Å². The number of carbonyl (C=O) groups excluding carboxylic acids is 1. The molecule has 7 heavy (non-hydrogen) atoms. The van der Waals surface area contributed by atoms with Gasteiger partial charge in [0.25, 0.3) is 0 Å². The van der Waals surface area contributed by atoms with E-state index in [9.17, 15) is 4.79 Å². The quantitative estimate of drug-likeness (QED) is 0.413. The second kappa shape index (κ2) is 1.82. The standard InChI is InChI=1S/C3HN2OS/c6-3-7-1-4-5-2-7/h1H. The van der Waals surface area contributed by atoms with Crippen molar-refractivity contribution in [3.05, 3.63) is 0 Å². The van der Waals surface area contributed by atoms with Crippen LogP contribution in [-0.4, -0.2) is 16.3 Å². The highest BCUT2D eigenvalue weighted by Gasteiger charge is 1.90. The molecule has 1 radical (unpaired) electrons. The van der Waals surface area contributed by atoms with Gasteiger partial charge in [0.2, 0.25) is 0 Å². The van der Waals surface area contributed by atoms with E-state index in [1.54, 1.807) is 5.23 Å². The molecule has 1 heterocycles. The average molecular weight is 113 g/mol. The molecule has 35 valence electrons. The molecule has 0 fully saturated rings. The van der Waals surface area contributed by atoms with Crippen LogP contribution in [0.2, 0.25) is 0 Å². The monoisotopic (exact) mass is 113 g/mol. The summed E-state index contributed by atoms with van der Waals surface area (Å²) in [6.07, 6.45) is 0. The number of hydrogen-bond acceptors (Lipinski definition) is 3. The minimum atomic E-state index is -0.648. The smallest absolute Gasteiger partial charge is 0.167 e. The van der Waals surface area contributed by atoms with Crippen LogP contribution < -0.4 is 0 Å². The Hall–Kier alpha value is -0.730. The Morgan fingerprint density at radius 1 is 1.86 bits per heavy atom. The fraction of sp³-hybridized carbons (Fsp3) is 0. The molecule has 0 N–H and O–H groups in total. The lowest BCUT2D eigenvalue weighted by Crippen LogP contribution is -1.60. The van der Waals surface area contributed by atoms with Gasteiger partial charge in [-0.25, -0.2) is 4.79 Å². The highest BCUT2D eigenvalue weighted by atomic mass is 32.2. The molecule has 1 aliphatic heterocycles. The molecule has 1 rings (SSSR count). The molecule has 0 amide bonds. The zero-order chi connectivity index (χ0) is 5.11. The zero-order valence-corrected chi connectivity index (χ0v) is 4.10. The maximum Gasteiger partial charge on any atom is 0.167 e. The van der Waals surface area contributed by atoms with E-state index in [2.05, 4.69) is 15.7 Å². The van der Waals surface area contributed by atoms with E-state index in [-0.39, 0.29) is 0 Å². The van der Waals surface area contributed by atoms with Crippen molar-refractivity contribution in [3.63, 3.8) is 0 Å². The van der Waals surface area contributed by atoms with Gasteiger partial charge < -0.3 is 0 Å². The van der Waals surface area contributed by atoms with Crippen LogP contribution in [0.5, 0.6) is 0 Å². The third kappa shape index (κ3) is 0.824. The summed E-state index contributed by atoms with van der Waals surface area (Å²) in [5, 5.41) is 8.37. The van der Waals surface area contributed by atoms with Crippen molar-refractivity contribution in [1.82, 2.24) is 0 Å². The first-order chi connectivity index (χ1) is 3.43. The first-order valence-corrected chi connectivity index (χ1v) is 2.82. The van der Waals surface area contributed by atoms with E-state index < -0.39 is 10.5 Å². The second-order valence-corrected chi connectivity index (χ2v) is 2.07. The minimum Gasteiger partial charge on any atom is -0.226 e. The molecule has 0 aromatic rings. The number of hydrogen-bond donors (Lipinski definition) is 0. The van der Waals surface area contributed by atoms with Crippen LogP contribution >= 0.6 is 10.5 Å². The highest BCUT2D eigenvalue weighted by molar-refractivity contribution is 8.36. The van der Waals surface area contributed by atoms with E-state index in [1.165, 1.54) is 5.55 Å². The third-order valence-corrected chi connectivity index (χ3v) is 1.20. The van der Waals surface area contributed by atoms with Gasteiger partial charge in [-0.3, -0.25) is 0 Å².